The van der Waals surface area contributed by atoms with E-state index in [2.05, 4.69) is 20.6 Å². The Labute approximate surface area is 145 Å². The first kappa shape index (κ1) is 16.8. The standard InChI is InChI=1S/C17H21N5O3/c1-10-15-16(19-20-17(15)22(2)21-10)18-14(23)6-5-11-7-12(24-3)9-13(8-11)25-4/h7-9H,5-6H2,1-4H3,(H2,18,19,20,23). The van der Waals surface area contributed by atoms with Crippen LogP contribution in [0.3, 0.4) is 0 Å². The van der Waals surface area contributed by atoms with E-state index in [1.165, 1.54) is 0 Å². The molecule has 0 aliphatic rings. The summed E-state index contributed by atoms with van der Waals surface area (Å²) in [5.74, 6) is 1.89. The maximum absolute atomic E-state index is 12.3. The number of hydrogen-bond donors (Lipinski definition) is 2. The fourth-order valence-corrected chi connectivity index (χ4v) is 2.79. The number of methoxy groups -OCH3 is 2. The number of nitrogens with zero attached hydrogens (tertiary/aromatic N) is 3. The number of hydrogen-bond acceptors (Lipinski definition) is 5. The van der Waals surface area contributed by atoms with Gasteiger partial charge in [-0.05, 0) is 31.0 Å². The molecule has 0 saturated heterocycles. The minimum atomic E-state index is -0.101. The number of aryl methyl sites for hydroxylation is 3. The van der Waals surface area contributed by atoms with Crippen LogP contribution in [0.15, 0.2) is 18.2 Å². The van der Waals surface area contributed by atoms with Gasteiger partial charge in [0.1, 0.15) is 17.3 Å². The number of rotatable bonds is 6. The Morgan fingerprint density at radius 3 is 2.56 bits per heavy atom. The van der Waals surface area contributed by atoms with E-state index in [0.29, 0.717) is 35.8 Å². The number of aromatic amines is 1. The number of carbonyl (C=O) groups excluding carboxylic acids is 1. The summed E-state index contributed by atoms with van der Waals surface area (Å²) in [6, 6.07) is 5.60. The van der Waals surface area contributed by atoms with E-state index in [9.17, 15) is 4.79 Å². The zero-order valence-electron chi connectivity index (χ0n) is 14.7. The molecule has 1 aromatic carbocycles. The van der Waals surface area contributed by atoms with Crippen molar-refractivity contribution in [2.45, 2.75) is 19.8 Å². The molecular weight excluding hydrogens is 322 g/mol. The van der Waals surface area contributed by atoms with Crippen molar-refractivity contribution < 1.29 is 14.3 Å². The van der Waals surface area contributed by atoms with Crippen molar-refractivity contribution in [1.82, 2.24) is 20.0 Å². The Morgan fingerprint density at radius 1 is 1.24 bits per heavy atom. The molecule has 0 atom stereocenters. The maximum atomic E-state index is 12.3. The summed E-state index contributed by atoms with van der Waals surface area (Å²) >= 11 is 0. The number of aromatic nitrogens is 4. The average Bonchev–Trinajstić information content (AvgIpc) is 3.14. The zero-order chi connectivity index (χ0) is 18.0. The first-order chi connectivity index (χ1) is 12.0. The van der Waals surface area contributed by atoms with Crippen molar-refractivity contribution in [2.24, 2.45) is 7.05 Å². The van der Waals surface area contributed by atoms with Crippen LogP contribution < -0.4 is 14.8 Å². The lowest BCUT2D eigenvalue weighted by molar-refractivity contribution is -0.116. The fraction of sp³-hybridized carbons (Fsp3) is 0.353. The number of carbonyl (C=O) groups is 1. The first-order valence-electron chi connectivity index (χ1n) is 7.91. The van der Waals surface area contributed by atoms with Crippen molar-refractivity contribution in [3.63, 3.8) is 0 Å². The molecule has 0 saturated carbocycles. The van der Waals surface area contributed by atoms with Gasteiger partial charge < -0.3 is 14.8 Å². The number of amides is 1. The molecule has 0 spiro atoms. The molecule has 0 fully saturated rings. The van der Waals surface area contributed by atoms with Crippen LogP contribution in [0.25, 0.3) is 11.0 Å². The Bertz CT molecular complexity index is 890. The van der Waals surface area contributed by atoms with E-state index >= 15 is 0 Å². The molecule has 3 rings (SSSR count). The summed E-state index contributed by atoms with van der Waals surface area (Å²) < 4.78 is 12.2. The van der Waals surface area contributed by atoms with E-state index < -0.39 is 0 Å². The molecule has 0 radical (unpaired) electrons. The van der Waals surface area contributed by atoms with Crippen LogP contribution >= 0.6 is 0 Å². The summed E-state index contributed by atoms with van der Waals surface area (Å²) in [6.07, 6.45) is 0.902. The monoisotopic (exact) mass is 343 g/mol. The molecular formula is C17H21N5O3. The molecule has 25 heavy (non-hydrogen) atoms. The summed E-state index contributed by atoms with van der Waals surface area (Å²) in [6.45, 7) is 1.88. The van der Waals surface area contributed by atoms with Crippen LogP contribution in [-0.4, -0.2) is 40.1 Å². The van der Waals surface area contributed by atoms with Crippen LogP contribution in [0.4, 0.5) is 5.82 Å². The van der Waals surface area contributed by atoms with Crippen LogP contribution in [0.2, 0.25) is 0 Å². The number of ether oxygens (including phenoxy) is 2. The lowest BCUT2D eigenvalue weighted by Crippen LogP contribution is -2.13. The fourth-order valence-electron chi connectivity index (χ4n) is 2.79. The van der Waals surface area contributed by atoms with Gasteiger partial charge in [0.2, 0.25) is 5.91 Å². The summed E-state index contributed by atoms with van der Waals surface area (Å²) in [4.78, 5) is 12.3. The highest BCUT2D eigenvalue weighted by Crippen LogP contribution is 2.25. The van der Waals surface area contributed by atoms with Gasteiger partial charge in [-0.25, -0.2) is 4.68 Å². The van der Waals surface area contributed by atoms with Gasteiger partial charge in [-0.2, -0.15) is 10.2 Å². The van der Waals surface area contributed by atoms with Crippen molar-refractivity contribution >= 4 is 22.8 Å². The van der Waals surface area contributed by atoms with Crippen LogP contribution in [0, 0.1) is 6.92 Å². The predicted octanol–water partition coefficient (Wildman–Crippen LogP) is 2.19. The van der Waals surface area contributed by atoms with E-state index in [-0.39, 0.29) is 5.91 Å². The van der Waals surface area contributed by atoms with Gasteiger partial charge in [0.15, 0.2) is 5.65 Å². The van der Waals surface area contributed by atoms with Crippen LogP contribution in [0.5, 0.6) is 11.5 Å². The average molecular weight is 343 g/mol. The Hall–Kier alpha value is -3.03. The van der Waals surface area contributed by atoms with Crippen molar-refractivity contribution in [3.8, 4) is 11.5 Å². The Balaban J connectivity index is 1.68. The minimum Gasteiger partial charge on any atom is -0.497 e. The number of H-pyrrole nitrogens is 1. The molecule has 2 N–H and O–H groups in total. The Morgan fingerprint density at radius 2 is 1.92 bits per heavy atom. The van der Waals surface area contributed by atoms with Gasteiger partial charge in [-0.3, -0.25) is 9.89 Å². The van der Waals surface area contributed by atoms with E-state index in [1.54, 1.807) is 25.0 Å². The number of anilines is 1. The number of fused-ring (bicyclic) bond motifs is 1. The van der Waals surface area contributed by atoms with E-state index in [1.807, 2.05) is 26.1 Å². The largest absolute Gasteiger partial charge is 0.497 e. The molecule has 0 aliphatic carbocycles. The highest BCUT2D eigenvalue weighted by Gasteiger charge is 2.15. The van der Waals surface area contributed by atoms with Gasteiger partial charge in [0, 0.05) is 19.5 Å². The van der Waals surface area contributed by atoms with E-state index in [4.69, 9.17) is 9.47 Å². The molecule has 0 bridgehead atoms. The van der Waals surface area contributed by atoms with Crippen molar-refractivity contribution in [1.29, 1.82) is 0 Å². The summed E-state index contributed by atoms with van der Waals surface area (Å²) in [5.41, 5.74) is 2.50. The molecule has 3 aromatic rings. The molecule has 1 amide bonds. The maximum Gasteiger partial charge on any atom is 0.225 e. The third kappa shape index (κ3) is 3.42. The third-order valence-corrected chi connectivity index (χ3v) is 4.03. The lowest BCUT2D eigenvalue weighted by Gasteiger charge is -2.08. The zero-order valence-corrected chi connectivity index (χ0v) is 14.7. The molecule has 2 aromatic heterocycles. The van der Waals surface area contributed by atoms with Gasteiger partial charge >= 0.3 is 0 Å². The molecule has 0 unspecified atom stereocenters. The highest BCUT2D eigenvalue weighted by molar-refractivity contribution is 5.99. The van der Waals surface area contributed by atoms with E-state index in [0.717, 1.165) is 16.6 Å². The predicted molar refractivity (Wildman–Crippen MR) is 94.1 cm³/mol. The quantitative estimate of drug-likeness (QED) is 0.715. The van der Waals surface area contributed by atoms with Gasteiger partial charge in [0.25, 0.3) is 0 Å². The topological polar surface area (TPSA) is 94.1 Å². The molecule has 0 aliphatic heterocycles. The summed E-state index contributed by atoms with van der Waals surface area (Å²) in [7, 11) is 5.02. The first-order valence-corrected chi connectivity index (χ1v) is 7.91. The molecule has 8 heteroatoms. The third-order valence-electron chi connectivity index (χ3n) is 4.03. The Kier molecular flexibility index (Phi) is 4.60. The number of benzene rings is 1. The normalized spacial score (nSPS) is 10.9. The second-order valence-electron chi connectivity index (χ2n) is 5.78. The minimum absolute atomic E-state index is 0.101. The molecule has 8 nitrogen and oxygen atoms in total. The smallest absolute Gasteiger partial charge is 0.225 e. The second-order valence-corrected chi connectivity index (χ2v) is 5.78. The molecule has 132 valence electrons. The van der Waals surface area contributed by atoms with Crippen LogP contribution in [-0.2, 0) is 18.3 Å². The molecule has 2 heterocycles. The van der Waals surface area contributed by atoms with Gasteiger partial charge in [0.05, 0.1) is 25.3 Å². The SMILES string of the molecule is COc1cc(CCC(=O)Nc2[nH]nc3c2c(C)nn3C)cc(OC)c1. The highest BCUT2D eigenvalue weighted by atomic mass is 16.5. The lowest BCUT2D eigenvalue weighted by atomic mass is 10.1. The van der Waals surface area contributed by atoms with Crippen LogP contribution in [0.1, 0.15) is 17.7 Å². The van der Waals surface area contributed by atoms with Gasteiger partial charge in [-0.1, -0.05) is 0 Å². The van der Waals surface area contributed by atoms with Gasteiger partial charge in [-0.15, -0.1) is 0 Å². The van der Waals surface area contributed by atoms with Crippen molar-refractivity contribution in [3.05, 3.63) is 29.5 Å². The number of nitrogens with one attached hydrogen (secondary N) is 2. The second kappa shape index (κ2) is 6.84. The summed E-state index contributed by atoms with van der Waals surface area (Å²) in [5, 5.41) is 15.1. The van der Waals surface area contributed by atoms with Crippen molar-refractivity contribution in [2.75, 3.05) is 19.5 Å².